The van der Waals surface area contributed by atoms with Crippen molar-refractivity contribution >= 4 is 17.9 Å². The first-order valence-corrected chi connectivity index (χ1v) is 9.66. The molecule has 2 aliphatic heterocycles. The van der Waals surface area contributed by atoms with E-state index in [4.69, 9.17) is 9.47 Å². The van der Waals surface area contributed by atoms with Crippen molar-refractivity contribution in [2.24, 2.45) is 0 Å². The molecule has 152 valence electrons. The number of carbonyl (C=O) groups is 1. The number of carbonyl (C=O) groups excluding carboxylic acids is 1. The van der Waals surface area contributed by atoms with Gasteiger partial charge in [-0.2, -0.15) is 0 Å². The van der Waals surface area contributed by atoms with Gasteiger partial charge < -0.3 is 19.3 Å². The van der Waals surface area contributed by atoms with Crippen molar-refractivity contribution in [1.29, 1.82) is 0 Å². The molecule has 1 fully saturated rings. The molecule has 0 saturated carbocycles. The lowest BCUT2D eigenvalue weighted by Crippen LogP contribution is -2.47. The van der Waals surface area contributed by atoms with Gasteiger partial charge in [0.25, 0.3) is 0 Å². The van der Waals surface area contributed by atoms with Crippen molar-refractivity contribution in [1.82, 2.24) is 19.8 Å². The van der Waals surface area contributed by atoms with Crippen molar-refractivity contribution in [3.8, 4) is 11.5 Å². The fourth-order valence-corrected chi connectivity index (χ4v) is 3.35. The Morgan fingerprint density at radius 1 is 1.10 bits per heavy atom. The largest absolute Gasteiger partial charge is 0.454 e. The summed E-state index contributed by atoms with van der Waals surface area (Å²) in [5.74, 6) is 2.28. The van der Waals surface area contributed by atoms with Crippen LogP contribution in [0.1, 0.15) is 11.1 Å². The van der Waals surface area contributed by atoms with Gasteiger partial charge in [0, 0.05) is 70.9 Å². The highest BCUT2D eigenvalue weighted by Gasteiger charge is 2.20. The smallest absolute Gasteiger partial charge is 0.246 e. The molecule has 2 aromatic rings. The molecule has 2 aliphatic rings. The summed E-state index contributed by atoms with van der Waals surface area (Å²) in [6, 6.07) is 6.06. The highest BCUT2D eigenvalue weighted by atomic mass is 16.7. The minimum absolute atomic E-state index is 0.0180. The summed E-state index contributed by atoms with van der Waals surface area (Å²) in [5.41, 5.74) is 2.00. The number of piperazine rings is 1. The van der Waals surface area contributed by atoms with Crippen LogP contribution >= 0.6 is 0 Å². The Balaban J connectivity index is 1.27. The van der Waals surface area contributed by atoms with Gasteiger partial charge in [-0.15, -0.1) is 0 Å². The van der Waals surface area contributed by atoms with Gasteiger partial charge in [-0.1, -0.05) is 6.07 Å². The summed E-state index contributed by atoms with van der Waals surface area (Å²) in [6.45, 7) is 4.24. The molecule has 0 aliphatic carbocycles. The molecule has 8 heteroatoms. The van der Waals surface area contributed by atoms with Gasteiger partial charge in [0.15, 0.2) is 11.5 Å². The highest BCUT2D eigenvalue weighted by molar-refractivity contribution is 5.91. The van der Waals surface area contributed by atoms with Gasteiger partial charge in [-0.3, -0.25) is 9.69 Å². The minimum atomic E-state index is 0.0180. The number of amides is 1. The molecule has 0 radical (unpaired) electrons. The van der Waals surface area contributed by atoms with Crippen LogP contribution in [0.15, 0.2) is 36.7 Å². The van der Waals surface area contributed by atoms with Crippen LogP contribution < -0.4 is 14.4 Å². The predicted molar refractivity (Wildman–Crippen MR) is 110 cm³/mol. The lowest BCUT2D eigenvalue weighted by atomic mass is 10.1. The third-order valence-corrected chi connectivity index (χ3v) is 5.00. The van der Waals surface area contributed by atoms with Crippen LogP contribution in [0.4, 0.5) is 5.95 Å². The van der Waals surface area contributed by atoms with Gasteiger partial charge in [-0.25, -0.2) is 9.97 Å². The van der Waals surface area contributed by atoms with E-state index in [0.29, 0.717) is 25.8 Å². The summed E-state index contributed by atoms with van der Waals surface area (Å²) >= 11 is 0. The number of fused-ring (bicyclic) bond motifs is 1. The molecule has 0 spiro atoms. The quantitative estimate of drug-likeness (QED) is 0.713. The van der Waals surface area contributed by atoms with Crippen LogP contribution in [-0.4, -0.2) is 72.7 Å². The zero-order chi connectivity index (χ0) is 20.2. The molecule has 0 N–H and O–H groups in total. The average Bonchev–Trinajstić information content (AvgIpc) is 3.21. The summed E-state index contributed by atoms with van der Waals surface area (Å²) in [4.78, 5) is 27.0. The number of anilines is 1. The Morgan fingerprint density at radius 3 is 2.55 bits per heavy atom. The molecule has 1 amide bonds. The van der Waals surface area contributed by atoms with Crippen molar-refractivity contribution in [3.05, 3.63) is 47.8 Å². The molecular weight excluding hydrogens is 370 g/mol. The number of hydrogen-bond donors (Lipinski definition) is 0. The fourth-order valence-electron chi connectivity index (χ4n) is 3.35. The van der Waals surface area contributed by atoms with Crippen molar-refractivity contribution in [2.45, 2.75) is 6.54 Å². The second kappa shape index (κ2) is 8.48. The van der Waals surface area contributed by atoms with E-state index < -0.39 is 0 Å². The van der Waals surface area contributed by atoms with E-state index >= 15 is 0 Å². The third kappa shape index (κ3) is 4.65. The highest BCUT2D eigenvalue weighted by Crippen LogP contribution is 2.32. The van der Waals surface area contributed by atoms with Gasteiger partial charge in [0.1, 0.15) is 0 Å². The number of aromatic nitrogens is 2. The molecule has 4 rings (SSSR count). The van der Waals surface area contributed by atoms with Crippen LogP contribution in [0.3, 0.4) is 0 Å². The minimum Gasteiger partial charge on any atom is -0.454 e. The van der Waals surface area contributed by atoms with Crippen molar-refractivity contribution in [3.63, 3.8) is 0 Å². The molecule has 29 heavy (non-hydrogen) atoms. The lowest BCUT2D eigenvalue weighted by Gasteiger charge is -2.34. The van der Waals surface area contributed by atoms with Crippen LogP contribution in [0.25, 0.3) is 6.08 Å². The Hall–Kier alpha value is -3.13. The first kappa shape index (κ1) is 19.2. The summed E-state index contributed by atoms with van der Waals surface area (Å²) in [7, 11) is 3.78. The number of rotatable bonds is 5. The normalized spacial score (nSPS) is 16.4. The lowest BCUT2D eigenvalue weighted by molar-refractivity contribution is -0.127. The van der Waals surface area contributed by atoms with E-state index in [1.54, 1.807) is 24.5 Å². The van der Waals surface area contributed by atoms with E-state index in [1.165, 1.54) is 5.56 Å². The maximum absolute atomic E-state index is 12.5. The molecule has 1 saturated heterocycles. The third-order valence-electron chi connectivity index (χ3n) is 5.00. The number of benzene rings is 1. The molecule has 1 aromatic carbocycles. The van der Waals surface area contributed by atoms with Crippen LogP contribution in [0.2, 0.25) is 0 Å². The standard InChI is InChI=1S/C21H25N5O3/c1-24(2)21-22-12-17(13-23-21)4-6-20(27)26-9-7-25(8-10-26)14-16-3-5-18-19(11-16)29-15-28-18/h3-6,11-13H,7-10,14-15H2,1-2H3. The van der Waals surface area contributed by atoms with Gasteiger partial charge in [-0.05, 0) is 23.8 Å². The summed E-state index contributed by atoms with van der Waals surface area (Å²) < 4.78 is 10.8. The zero-order valence-corrected chi connectivity index (χ0v) is 16.7. The van der Waals surface area contributed by atoms with E-state index in [9.17, 15) is 4.79 Å². The Labute approximate surface area is 170 Å². The van der Waals surface area contributed by atoms with Crippen LogP contribution in [0.5, 0.6) is 11.5 Å². The van der Waals surface area contributed by atoms with Crippen molar-refractivity contribution in [2.75, 3.05) is 52.0 Å². The van der Waals surface area contributed by atoms with E-state index in [2.05, 4.69) is 20.9 Å². The first-order valence-electron chi connectivity index (χ1n) is 9.66. The molecule has 0 unspecified atom stereocenters. The summed E-state index contributed by atoms with van der Waals surface area (Å²) in [6.07, 6.45) is 6.80. The number of nitrogens with zero attached hydrogens (tertiary/aromatic N) is 5. The zero-order valence-electron chi connectivity index (χ0n) is 16.7. The van der Waals surface area contributed by atoms with E-state index in [0.717, 1.165) is 36.7 Å². The van der Waals surface area contributed by atoms with E-state index in [-0.39, 0.29) is 5.91 Å². The summed E-state index contributed by atoms with van der Waals surface area (Å²) in [5, 5.41) is 0. The van der Waals surface area contributed by atoms with Gasteiger partial charge in [0.05, 0.1) is 0 Å². The average molecular weight is 395 g/mol. The Kier molecular flexibility index (Phi) is 5.62. The van der Waals surface area contributed by atoms with Gasteiger partial charge >= 0.3 is 0 Å². The maximum atomic E-state index is 12.5. The molecule has 0 bridgehead atoms. The van der Waals surface area contributed by atoms with Crippen LogP contribution in [0, 0.1) is 0 Å². The monoisotopic (exact) mass is 395 g/mol. The molecule has 0 atom stereocenters. The SMILES string of the molecule is CN(C)c1ncc(C=CC(=O)N2CCN(Cc3ccc4c(c3)OCO4)CC2)cn1. The van der Waals surface area contributed by atoms with E-state index in [1.807, 2.05) is 36.0 Å². The molecular formula is C21H25N5O3. The number of hydrogen-bond acceptors (Lipinski definition) is 7. The van der Waals surface area contributed by atoms with Crippen LogP contribution in [-0.2, 0) is 11.3 Å². The second-order valence-electron chi connectivity index (χ2n) is 7.33. The number of ether oxygens (including phenoxy) is 2. The maximum Gasteiger partial charge on any atom is 0.246 e. The molecule has 1 aromatic heterocycles. The topological polar surface area (TPSA) is 71.0 Å². The Bertz CT molecular complexity index is 890. The van der Waals surface area contributed by atoms with Crippen molar-refractivity contribution < 1.29 is 14.3 Å². The first-order chi connectivity index (χ1) is 14.1. The predicted octanol–water partition coefficient (Wildman–Crippen LogP) is 1.63. The Morgan fingerprint density at radius 2 is 1.83 bits per heavy atom. The van der Waals surface area contributed by atoms with Gasteiger partial charge in [0.2, 0.25) is 18.6 Å². The molecule has 8 nitrogen and oxygen atoms in total. The second-order valence-corrected chi connectivity index (χ2v) is 7.33. The fraction of sp³-hybridized carbons (Fsp3) is 0.381. The molecule has 3 heterocycles.